The highest BCUT2D eigenvalue weighted by Gasteiger charge is 2.29. The normalized spacial score (nSPS) is 13.0. The van der Waals surface area contributed by atoms with Crippen LogP contribution in [0.5, 0.6) is 0 Å². The number of carbonyl (C=O) groups excluding carboxylic acids is 3. The van der Waals surface area contributed by atoms with Crippen LogP contribution in [0.25, 0.3) is 0 Å². The standard InChI is InChI=1S/C19H18FN3O3/c20-15-8-4-12(5-9-15)10-17(24)22-23-19(26)14-2-1-3-16(11-14)21-18(25)13-6-7-13/h1-5,8-9,11,13H,6-7,10H2,(H,21,25)(H,22,24)(H,23,26). The van der Waals surface area contributed by atoms with Gasteiger partial charge in [0.15, 0.2) is 0 Å². The Morgan fingerprint density at radius 1 is 1.00 bits per heavy atom. The van der Waals surface area contributed by atoms with Gasteiger partial charge in [0.2, 0.25) is 11.8 Å². The molecule has 2 aromatic carbocycles. The van der Waals surface area contributed by atoms with Crippen LogP contribution in [0, 0.1) is 11.7 Å². The predicted octanol–water partition coefficient (Wildman–Crippen LogP) is 2.18. The van der Waals surface area contributed by atoms with E-state index >= 15 is 0 Å². The largest absolute Gasteiger partial charge is 0.326 e. The van der Waals surface area contributed by atoms with Gasteiger partial charge in [0, 0.05) is 17.2 Å². The molecule has 3 amide bonds. The molecule has 0 heterocycles. The second-order valence-electron chi connectivity index (χ2n) is 6.15. The van der Waals surface area contributed by atoms with Crippen molar-refractivity contribution in [2.75, 3.05) is 5.32 Å². The van der Waals surface area contributed by atoms with Crippen LogP contribution in [0.3, 0.4) is 0 Å². The van der Waals surface area contributed by atoms with E-state index in [9.17, 15) is 18.8 Å². The summed E-state index contributed by atoms with van der Waals surface area (Å²) in [6, 6.07) is 12.0. The minimum Gasteiger partial charge on any atom is -0.326 e. The number of rotatable bonds is 5. The Morgan fingerprint density at radius 3 is 2.42 bits per heavy atom. The fraction of sp³-hybridized carbons (Fsp3) is 0.211. The Balaban J connectivity index is 1.51. The van der Waals surface area contributed by atoms with Crippen molar-refractivity contribution in [2.24, 2.45) is 5.92 Å². The molecule has 0 aromatic heterocycles. The zero-order chi connectivity index (χ0) is 18.5. The first-order valence-corrected chi connectivity index (χ1v) is 8.26. The van der Waals surface area contributed by atoms with Gasteiger partial charge in [-0.1, -0.05) is 18.2 Å². The summed E-state index contributed by atoms with van der Waals surface area (Å²) in [4.78, 5) is 35.8. The molecule has 1 aliphatic carbocycles. The second kappa shape index (κ2) is 7.77. The summed E-state index contributed by atoms with van der Waals surface area (Å²) in [5, 5.41) is 2.76. The summed E-state index contributed by atoms with van der Waals surface area (Å²) in [6.07, 6.45) is 1.80. The van der Waals surface area contributed by atoms with E-state index in [0.29, 0.717) is 16.8 Å². The van der Waals surface area contributed by atoms with Crippen molar-refractivity contribution in [3.05, 3.63) is 65.5 Å². The molecule has 0 saturated heterocycles. The first-order chi connectivity index (χ1) is 12.5. The fourth-order valence-electron chi connectivity index (χ4n) is 2.36. The van der Waals surface area contributed by atoms with E-state index in [1.165, 1.54) is 24.3 Å². The highest BCUT2D eigenvalue weighted by molar-refractivity contribution is 5.98. The van der Waals surface area contributed by atoms with Crippen molar-refractivity contribution < 1.29 is 18.8 Å². The van der Waals surface area contributed by atoms with Crippen LogP contribution in [-0.4, -0.2) is 17.7 Å². The lowest BCUT2D eigenvalue weighted by Crippen LogP contribution is -2.42. The molecule has 1 saturated carbocycles. The Hall–Kier alpha value is -3.22. The summed E-state index contributed by atoms with van der Waals surface area (Å²) in [5.41, 5.74) is 6.10. The van der Waals surface area contributed by atoms with Gasteiger partial charge in [0.05, 0.1) is 6.42 Å². The average molecular weight is 355 g/mol. The van der Waals surface area contributed by atoms with Gasteiger partial charge < -0.3 is 5.32 Å². The SMILES string of the molecule is O=C(Cc1ccc(F)cc1)NNC(=O)c1cccc(NC(=O)C2CC2)c1. The highest BCUT2D eigenvalue weighted by Crippen LogP contribution is 2.30. The van der Waals surface area contributed by atoms with Gasteiger partial charge in [0.1, 0.15) is 5.82 Å². The van der Waals surface area contributed by atoms with Crippen molar-refractivity contribution >= 4 is 23.4 Å². The van der Waals surface area contributed by atoms with Gasteiger partial charge in [-0.15, -0.1) is 0 Å². The number of benzene rings is 2. The molecule has 3 rings (SSSR count). The molecule has 7 heteroatoms. The Morgan fingerprint density at radius 2 is 1.73 bits per heavy atom. The Labute approximate surface area is 149 Å². The van der Waals surface area contributed by atoms with E-state index in [1.807, 2.05) is 0 Å². The minimum atomic E-state index is -0.500. The Bertz CT molecular complexity index is 832. The molecule has 134 valence electrons. The van der Waals surface area contributed by atoms with E-state index in [1.54, 1.807) is 24.3 Å². The monoisotopic (exact) mass is 355 g/mol. The summed E-state index contributed by atoms with van der Waals surface area (Å²) >= 11 is 0. The highest BCUT2D eigenvalue weighted by atomic mass is 19.1. The van der Waals surface area contributed by atoms with Gasteiger partial charge in [-0.2, -0.15) is 0 Å². The molecule has 0 unspecified atom stereocenters. The third-order valence-electron chi connectivity index (χ3n) is 3.93. The molecule has 2 aromatic rings. The van der Waals surface area contributed by atoms with Crippen LogP contribution >= 0.6 is 0 Å². The van der Waals surface area contributed by atoms with E-state index in [0.717, 1.165) is 12.8 Å². The van der Waals surface area contributed by atoms with E-state index in [-0.39, 0.29) is 24.1 Å². The van der Waals surface area contributed by atoms with Gasteiger partial charge >= 0.3 is 0 Å². The minimum absolute atomic E-state index is 0.0119. The van der Waals surface area contributed by atoms with Crippen LogP contribution in [-0.2, 0) is 16.0 Å². The van der Waals surface area contributed by atoms with Crippen molar-refractivity contribution in [1.29, 1.82) is 0 Å². The molecule has 3 N–H and O–H groups in total. The van der Waals surface area contributed by atoms with Crippen molar-refractivity contribution in [3.63, 3.8) is 0 Å². The van der Waals surface area contributed by atoms with E-state index in [2.05, 4.69) is 16.2 Å². The number of carbonyl (C=O) groups is 3. The fourth-order valence-corrected chi connectivity index (χ4v) is 2.36. The van der Waals surface area contributed by atoms with Crippen molar-refractivity contribution in [2.45, 2.75) is 19.3 Å². The molecule has 0 spiro atoms. The Kier molecular flexibility index (Phi) is 5.26. The van der Waals surface area contributed by atoms with Gasteiger partial charge in [-0.3, -0.25) is 25.2 Å². The lowest BCUT2D eigenvalue weighted by molar-refractivity contribution is -0.121. The maximum absolute atomic E-state index is 12.8. The summed E-state index contributed by atoms with van der Waals surface area (Å²) in [6.45, 7) is 0. The van der Waals surface area contributed by atoms with E-state index in [4.69, 9.17) is 0 Å². The maximum Gasteiger partial charge on any atom is 0.269 e. The average Bonchev–Trinajstić information content (AvgIpc) is 3.47. The third kappa shape index (κ3) is 4.89. The second-order valence-corrected chi connectivity index (χ2v) is 6.15. The van der Waals surface area contributed by atoms with Crippen molar-refractivity contribution in [1.82, 2.24) is 10.9 Å². The summed E-state index contributed by atoms with van der Waals surface area (Å²) in [5.74, 6) is -1.28. The topological polar surface area (TPSA) is 87.3 Å². The van der Waals surface area contributed by atoms with Crippen LogP contribution in [0.4, 0.5) is 10.1 Å². The number of nitrogens with one attached hydrogen (secondary N) is 3. The maximum atomic E-state index is 12.8. The number of anilines is 1. The zero-order valence-corrected chi connectivity index (χ0v) is 13.9. The molecule has 0 bridgehead atoms. The quantitative estimate of drug-likeness (QED) is 0.719. The number of halogens is 1. The lowest BCUT2D eigenvalue weighted by Gasteiger charge is -2.09. The summed E-state index contributed by atoms with van der Waals surface area (Å²) < 4.78 is 12.8. The van der Waals surface area contributed by atoms with Gasteiger partial charge in [-0.25, -0.2) is 4.39 Å². The zero-order valence-electron chi connectivity index (χ0n) is 13.9. The molecule has 6 nitrogen and oxygen atoms in total. The van der Waals surface area contributed by atoms with Crippen LogP contribution in [0.15, 0.2) is 48.5 Å². The van der Waals surface area contributed by atoms with Crippen molar-refractivity contribution in [3.8, 4) is 0 Å². The van der Waals surface area contributed by atoms with Crippen LogP contribution < -0.4 is 16.2 Å². The molecular weight excluding hydrogens is 337 g/mol. The molecule has 0 atom stereocenters. The molecular formula is C19H18FN3O3. The predicted molar refractivity (Wildman–Crippen MR) is 93.5 cm³/mol. The first kappa shape index (κ1) is 17.6. The number of hydrogen-bond acceptors (Lipinski definition) is 3. The number of amides is 3. The molecule has 0 radical (unpaired) electrons. The van der Waals surface area contributed by atoms with Gasteiger partial charge in [-0.05, 0) is 48.7 Å². The van der Waals surface area contributed by atoms with E-state index < -0.39 is 11.8 Å². The van der Waals surface area contributed by atoms with Crippen LogP contribution in [0.2, 0.25) is 0 Å². The lowest BCUT2D eigenvalue weighted by atomic mass is 10.1. The van der Waals surface area contributed by atoms with Crippen LogP contribution in [0.1, 0.15) is 28.8 Å². The molecule has 1 fully saturated rings. The molecule has 0 aliphatic heterocycles. The summed E-state index contributed by atoms with van der Waals surface area (Å²) in [7, 11) is 0. The number of hydrazine groups is 1. The first-order valence-electron chi connectivity index (χ1n) is 8.26. The van der Waals surface area contributed by atoms with Gasteiger partial charge in [0.25, 0.3) is 5.91 Å². The number of hydrogen-bond donors (Lipinski definition) is 3. The molecule has 1 aliphatic rings. The third-order valence-corrected chi connectivity index (χ3v) is 3.93. The smallest absolute Gasteiger partial charge is 0.269 e. The molecule has 26 heavy (non-hydrogen) atoms.